The molecule has 0 saturated heterocycles. The van der Waals surface area contributed by atoms with Gasteiger partial charge in [-0.05, 0) is 12.1 Å². The zero-order valence-corrected chi connectivity index (χ0v) is 10.6. The van der Waals surface area contributed by atoms with Gasteiger partial charge >= 0.3 is 0 Å². The first-order valence-electron chi connectivity index (χ1n) is 5.00. The van der Waals surface area contributed by atoms with Crippen LogP contribution in [0.3, 0.4) is 0 Å². The average Bonchev–Trinajstić information content (AvgIpc) is 2.95. The summed E-state index contributed by atoms with van der Waals surface area (Å²) >= 11 is 1.56. The Bertz CT molecular complexity index is 599. The third-order valence-corrected chi connectivity index (χ3v) is 3.30. The van der Waals surface area contributed by atoms with Crippen LogP contribution < -0.4 is 5.73 Å². The Morgan fingerprint density at radius 1 is 1.29 bits per heavy atom. The Balaban J connectivity index is 0.00000108. The molecule has 3 aromatic rings. The molecule has 0 unspecified atom stereocenters. The fourth-order valence-electron chi connectivity index (χ4n) is 1.60. The number of furan rings is 1. The van der Waals surface area contributed by atoms with Crippen molar-refractivity contribution >= 4 is 34.7 Å². The van der Waals surface area contributed by atoms with Gasteiger partial charge in [-0.2, -0.15) is 0 Å². The minimum atomic E-state index is 0. The van der Waals surface area contributed by atoms with E-state index in [-0.39, 0.29) is 12.4 Å². The van der Waals surface area contributed by atoms with Crippen LogP contribution in [-0.2, 0) is 6.54 Å². The van der Waals surface area contributed by atoms with Crippen LogP contribution in [0.4, 0.5) is 0 Å². The molecule has 5 heteroatoms. The van der Waals surface area contributed by atoms with Gasteiger partial charge < -0.3 is 10.2 Å². The maximum atomic E-state index is 5.72. The summed E-state index contributed by atoms with van der Waals surface area (Å²) in [6, 6.07) is 9.95. The van der Waals surface area contributed by atoms with Crippen LogP contribution in [0.1, 0.15) is 5.69 Å². The van der Waals surface area contributed by atoms with Crippen LogP contribution >= 0.6 is 23.7 Å². The summed E-state index contributed by atoms with van der Waals surface area (Å²) in [7, 11) is 0. The van der Waals surface area contributed by atoms with Crippen molar-refractivity contribution < 1.29 is 4.42 Å². The van der Waals surface area contributed by atoms with Crippen LogP contribution in [-0.4, -0.2) is 4.98 Å². The van der Waals surface area contributed by atoms with Crippen LogP contribution in [0.5, 0.6) is 0 Å². The van der Waals surface area contributed by atoms with Gasteiger partial charge in [-0.1, -0.05) is 18.2 Å². The summed E-state index contributed by atoms with van der Waals surface area (Å²) in [6.45, 7) is 0.469. The largest absolute Gasteiger partial charge is 0.454 e. The van der Waals surface area contributed by atoms with Crippen molar-refractivity contribution in [2.24, 2.45) is 5.73 Å². The van der Waals surface area contributed by atoms with Gasteiger partial charge in [0.05, 0.1) is 5.69 Å². The van der Waals surface area contributed by atoms with E-state index in [0.717, 1.165) is 27.4 Å². The molecule has 1 aromatic carbocycles. The van der Waals surface area contributed by atoms with E-state index in [1.165, 1.54) is 0 Å². The van der Waals surface area contributed by atoms with Gasteiger partial charge in [-0.25, -0.2) is 4.98 Å². The van der Waals surface area contributed by atoms with E-state index in [0.29, 0.717) is 6.54 Å². The molecule has 2 N–H and O–H groups in total. The van der Waals surface area contributed by atoms with Gasteiger partial charge in [0.1, 0.15) is 5.58 Å². The maximum Gasteiger partial charge on any atom is 0.164 e. The number of para-hydroxylation sites is 1. The molecule has 3 rings (SSSR count). The summed E-state index contributed by atoms with van der Waals surface area (Å²) < 4.78 is 5.72. The molecule has 0 radical (unpaired) electrons. The molecule has 0 aliphatic heterocycles. The maximum absolute atomic E-state index is 5.72. The zero-order chi connectivity index (χ0) is 11.0. The van der Waals surface area contributed by atoms with E-state index in [9.17, 15) is 0 Å². The van der Waals surface area contributed by atoms with Gasteiger partial charge in [0.2, 0.25) is 0 Å². The van der Waals surface area contributed by atoms with Crippen molar-refractivity contribution in [3.05, 3.63) is 41.4 Å². The molecule has 2 heterocycles. The van der Waals surface area contributed by atoms with E-state index >= 15 is 0 Å². The standard InChI is InChI=1S/C12H10N2OS.ClH/c13-6-9-7-16-12(14-9)11-5-8-3-1-2-4-10(8)15-11;/h1-5,7H,6,13H2;1H. The minimum absolute atomic E-state index is 0. The molecule has 2 aromatic heterocycles. The number of benzene rings is 1. The van der Waals surface area contributed by atoms with Crippen molar-refractivity contribution in [1.29, 1.82) is 0 Å². The van der Waals surface area contributed by atoms with Gasteiger partial charge in [0.25, 0.3) is 0 Å². The number of fused-ring (bicyclic) bond motifs is 1. The summed E-state index contributed by atoms with van der Waals surface area (Å²) in [5.41, 5.74) is 7.32. The highest BCUT2D eigenvalue weighted by molar-refractivity contribution is 7.13. The third-order valence-electron chi connectivity index (χ3n) is 2.40. The van der Waals surface area contributed by atoms with Gasteiger partial charge in [0, 0.05) is 17.3 Å². The second-order valence-corrected chi connectivity index (χ2v) is 4.35. The Morgan fingerprint density at radius 3 is 2.82 bits per heavy atom. The first-order valence-corrected chi connectivity index (χ1v) is 5.88. The predicted octanol–water partition coefficient (Wildman–Crippen LogP) is 3.44. The van der Waals surface area contributed by atoms with E-state index in [1.54, 1.807) is 11.3 Å². The van der Waals surface area contributed by atoms with E-state index in [1.807, 2.05) is 35.7 Å². The number of halogens is 1. The number of nitrogens with two attached hydrogens (primary N) is 1. The lowest BCUT2D eigenvalue weighted by Gasteiger charge is -1.87. The fourth-order valence-corrected chi connectivity index (χ4v) is 2.38. The Labute approximate surface area is 109 Å². The lowest BCUT2D eigenvalue weighted by Crippen LogP contribution is -1.95. The molecule has 0 saturated carbocycles. The highest BCUT2D eigenvalue weighted by atomic mass is 35.5. The molecular weight excluding hydrogens is 256 g/mol. The first kappa shape index (κ1) is 12.1. The zero-order valence-electron chi connectivity index (χ0n) is 8.92. The average molecular weight is 267 g/mol. The number of rotatable bonds is 2. The molecule has 0 aliphatic carbocycles. The lowest BCUT2D eigenvalue weighted by molar-refractivity contribution is 0.630. The van der Waals surface area contributed by atoms with E-state index in [4.69, 9.17) is 10.2 Å². The summed E-state index contributed by atoms with van der Waals surface area (Å²) in [5.74, 6) is 0.811. The number of nitrogens with zero attached hydrogens (tertiary/aromatic N) is 1. The highest BCUT2D eigenvalue weighted by Gasteiger charge is 2.09. The van der Waals surface area contributed by atoms with Crippen LogP contribution in [0.2, 0.25) is 0 Å². The molecule has 0 fully saturated rings. The van der Waals surface area contributed by atoms with Crippen molar-refractivity contribution in [2.45, 2.75) is 6.54 Å². The van der Waals surface area contributed by atoms with E-state index < -0.39 is 0 Å². The molecule has 0 amide bonds. The van der Waals surface area contributed by atoms with Gasteiger partial charge in [-0.15, -0.1) is 23.7 Å². The molecule has 0 atom stereocenters. The third kappa shape index (κ3) is 2.20. The second kappa shape index (κ2) is 4.87. The van der Waals surface area contributed by atoms with E-state index in [2.05, 4.69) is 4.98 Å². The van der Waals surface area contributed by atoms with Crippen LogP contribution in [0.25, 0.3) is 21.7 Å². The number of aromatic nitrogens is 1. The molecular formula is C12H11ClN2OS. The van der Waals surface area contributed by atoms with Crippen LogP contribution in [0, 0.1) is 0 Å². The molecule has 88 valence electrons. The highest BCUT2D eigenvalue weighted by Crippen LogP contribution is 2.29. The van der Waals surface area contributed by atoms with Crippen molar-refractivity contribution in [3.63, 3.8) is 0 Å². The predicted molar refractivity (Wildman–Crippen MR) is 72.5 cm³/mol. The minimum Gasteiger partial charge on any atom is -0.454 e. The number of hydrogen-bond acceptors (Lipinski definition) is 4. The lowest BCUT2D eigenvalue weighted by atomic mass is 10.2. The molecule has 0 spiro atoms. The monoisotopic (exact) mass is 266 g/mol. The smallest absolute Gasteiger partial charge is 0.164 e. The van der Waals surface area contributed by atoms with Crippen molar-refractivity contribution in [1.82, 2.24) is 4.98 Å². The normalized spacial score (nSPS) is 10.4. The number of hydrogen-bond donors (Lipinski definition) is 1. The summed E-state index contributed by atoms with van der Waals surface area (Å²) in [5, 5.41) is 3.95. The topological polar surface area (TPSA) is 52.0 Å². The SMILES string of the molecule is Cl.NCc1csc(-c2cc3ccccc3o2)n1. The second-order valence-electron chi connectivity index (χ2n) is 3.50. The number of thiazole rings is 1. The Hall–Kier alpha value is -1.36. The molecule has 0 bridgehead atoms. The Kier molecular flexibility index (Phi) is 3.47. The molecule has 3 nitrogen and oxygen atoms in total. The quantitative estimate of drug-likeness (QED) is 0.773. The van der Waals surface area contributed by atoms with Gasteiger partial charge in [-0.3, -0.25) is 0 Å². The molecule has 17 heavy (non-hydrogen) atoms. The Morgan fingerprint density at radius 2 is 2.12 bits per heavy atom. The van der Waals surface area contributed by atoms with Crippen molar-refractivity contribution in [2.75, 3.05) is 0 Å². The van der Waals surface area contributed by atoms with Crippen LogP contribution in [0.15, 0.2) is 40.1 Å². The molecule has 0 aliphatic rings. The first-order chi connectivity index (χ1) is 7.86. The van der Waals surface area contributed by atoms with Gasteiger partial charge in [0.15, 0.2) is 10.8 Å². The summed E-state index contributed by atoms with van der Waals surface area (Å²) in [4.78, 5) is 4.39. The summed E-state index contributed by atoms with van der Waals surface area (Å²) in [6.07, 6.45) is 0. The fraction of sp³-hybridized carbons (Fsp3) is 0.0833. The van der Waals surface area contributed by atoms with Crippen molar-refractivity contribution in [3.8, 4) is 10.8 Å².